The van der Waals surface area contributed by atoms with Crippen LogP contribution in [-0.2, 0) is 14.3 Å². The average molecular weight is 250 g/mol. The standard InChI is InChI=1S/C13H14O3S/c1-11-5-2-3-7-13(11)17(14,15)16-10-4-6-12-8-9-12/h2-3,5,7,12H,8-10H2,1H3. The van der Waals surface area contributed by atoms with Crippen LogP contribution >= 0.6 is 0 Å². The summed E-state index contributed by atoms with van der Waals surface area (Å²) in [6, 6.07) is 6.76. The predicted molar refractivity (Wildman–Crippen MR) is 64.8 cm³/mol. The fraction of sp³-hybridized carbons (Fsp3) is 0.385. The third-order valence-electron chi connectivity index (χ3n) is 2.53. The van der Waals surface area contributed by atoms with E-state index in [2.05, 4.69) is 11.8 Å². The molecule has 0 aliphatic heterocycles. The van der Waals surface area contributed by atoms with Crippen LogP contribution in [0.5, 0.6) is 0 Å². The Morgan fingerprint density at radius 3 is 2.71 bits per heavy atom. The molecule has 4 heteroatoms. The maximum atomic E-state index is 11.8. The van der Waals surface area contributed by atoms with E-state index >= 15 is 0 Å². The van der Waals surface area contributed by atoms with Crippen LogP contribution in [0.3, 0.4) is 0 Å². The van der Waals surface area contributed by atoms with Gasteiger partial charge in [-0.3, -0.25) is 4.18 Å². The van der Waals surface area contributed by atoms with Crippen molar-refractivity contribution in [2.45, 2.75) is 24.7 Å². The second-order valence-corrected chi connectivity index (χ2v) is 5.66. The molecule has 0 amide bonds. The van der Waals surface area contributed by atoms with Gasteiger partial charge in [-0.25, -0.2) is 0 Å². The molecule has 0 spiro atoms. The van der Waals surface area contributed by atoms with Crippen molar-refractivity contribution in [1.82, 2.24) is 0 Å². The van der Waals surface area contributed by atoms with E-state index in [0.29, 0.717) is 11.5 Å². The maximum absolute atomic E-state index is 11.8. The van der Waals surface area contributed by atoms with Gasteiger partial charge < -0.3 is 0 Å². The fourth-order valence-corrected chi connectivity index (χ4v) is 2.47. The molecule has 3 nitrogen and oxygen atoms in total. The number of aryl methyl sites for hydroxylation is 1. The first-order chi connectivity index (χ1) is 8.09. The molecule has 1 saturated carbocycles. The van der Waals surface area contributed by atoms with E-state index < -0.39 is 10.1 Å². The first-order valence-electron chi connectivity index (χ1n) is 5.53. The highest BCUT2D eigenvalue weighted by molar-refractivity contribution is 7.86. The van der Waals surface area contributed by atoms with Gasteiger partial charge in [-0.15, -0.1) is 0 Å². The Labute approximate surface area is 102 Å². The molecule has 0 atom stereocenters. The second-order valence-electron chi connectivity index (χ2n) is 4.08. The molecule has 1 aromatic rings. The summed E-state index contributed by atoms with van der Waals surface area (Å²) in [7, 11) is -3.67. The van der Waals surface area contributed by atoms with Crippen molar-refractivity contribution < 1.29 is 12.6 Å². The number of rotatable bonds is 3. The van der Waals surface area contributed by atoms with Crippen molar-refractivity contribution in [2.24, 2.45) is 5.92 Å². The summed E-state index contributed by atoms with van der Waals surface area (Å²) in [5.74, 6) is 6.16. The lowest BCUT2D eigenvalue weighted by Gasteiger charge is -2.05. The van der Waals surface area contributed by atoms with Gasteiger partial charge in [0.2, 0.25) is 0 Å². The lowest BCUT2D eigenvalue weighted by Crippen LogP contribution is -2.08. The lowest BCUT2D eigenvalue weighted by atomic mass is 10.2. The van der Waals surface area contributed by atoms with E-state index in [1.54, 1.807) is 31.2 Å². The van der Waals surface area contributed by atoms with Crippen molar-refractivity contribution in [1.29, 1.82) is 0 Å². The Kier molecular flexibility index (Phi) is 3.51. The van der Waals surface area contributed by atoms with E-state index in [1.807, 2.05) is 0 Å². The summed E-state index contributed by atoms with van der Waals surface area (Å²) in [6.07, 6.45) is 2.25. The Morgan fingerprint density at radius 1 is 1.35 bits per heavy atom. The maximum Gasteiger partial charge on any atom is 0.298 e. The third-order valence-corrected chi connectivity index (χ3v) is 3.96. The minimum atomic E-state index is -3.67. The highest BCUT2D eigenvalue weighted by atomic mass is 32.2. The van der Waals surface area contributed by atoms with Crippen LogP contribution in [-0.4, -0.2) is 15.0 Å². The Balaban J connectivity index is 2.04. The molecular weight excluding hydrogens is 236 g/mol. The van der Waals surface area contributed by atoms with Crippen molar-refractivity contribution in [2.75, 3.05) is 6.61 Å². The van der Waals surface area contributed by atoms with Crippen LogP contribution in [0.2, 0.25) is 0 Å². The van der Waals surface area contributed by atoms with Gasteiger partial charge in [0.15, 0.2) is 0 Å². The first kappa shape index (κ1) is 12.2. The Hall–Kier alpha value is -1.31. The SMILES string of the molecule is Cc1ccccc1S(=O)(=O)OCC#CC1CC1. The van der Waals surface area contributed by atoms with E-state index in [4.69, 9.17) is 4.18 Å². The van der Waals surface area contributed by atoms with Gasteiger partial charge in [0.05, 0.1) is 4.90 Å². The highest BCUT2D eigenvalue weighted by Gasteiger charge is 2.18. The summed E-state index contributed by atoms with van der Waals surface area (Å²) in [5, 5.41) is 0. The van der Waals surface area contributed by atoms with Crippen LogP contribution in [0.25, 0.3) is 0 Å². The Morgan fingerprint density at radius 2 is 2.06 bits per heavy atom. The molecule has 1 aliphatic rings. The smallest absolute Gasteiger partial charge is 0.253 e. The van der Waals surface area contributed by atoms with Gasteiger partial charge in [0.25, 0.3) is 10.1 Å². The number of hydrogen-bond acceptors (Lipinski definition) is 3. The van der Waals surface area contributed by atoms with Gasteiger partial charge in [0, 0.05) is 5.92 Å². The average Bonchev–Trinajstić information content (AvgIpc) is 3.09. The molecule has 0 unspecified atom stereocenters. The minimum absolute atomic E-state index is 0.0623. The van der Waals surface area contributed by atoms with Gasteiger partial charge in [-0.2, -0.15) is 8.42 Å². The zero-order valence-electron chi connectivity index (χ0n) is 9.64. The van der Waals surface area contributed by atoms with Crippen molar-refractivity contribution in [3.8, 4) is 11.8 Å². The molecule has 1 aliphatic carbocycles. The predicted octanol–water partition coefficient (Wildman–Crippen LogP) is 2.11. The van der Waals surface area contributed by atoms with Crippen LogP contribution in [0.15, 0.2) is 29.2 Å². The third kappa shape index (κ3) is 3.32. The van der Waals surface area contributed by atoms with Gasteiger partial charge in [-0.05, 0) is 31.4 Å². The van der Waals surface area contributed by atoms with E-state index in [1.165, 1.54) is 0 Å². The molecule has 1 aromatic carbocycles. The van der Waals surface area contributed by atoms with Crippen LogP contribution in [0.1, 0.15) is 18.4 Å². The molecule has 0 aromatic heterocycles. The quantitative estimate of drug-likeness (QED) is 0.609. The molecule has 1 fully saturated rings. The lowest BCUT2D eigenvalue weighted by molar-refractivity contribution is 0.362. The van der Waals surface area contributed by atoms with Crippen molar-refractivity contribution in [3.05, 3.63) is 29.8 Å². The molecule has 0 N–H and O–H groups in total. The monoisotopic (exact) mass is 250 g/mol. The Bertz CT molecular complexity index is 560. The molecule has 90 valence electrons. The van der Waals surface area contributed by atoms with Crippen molar-refractivity contribution in [3.63, 3.8) is 0 Å². The molecule has 0 saturated heterocycles. The van der Waals surface area contributed by atoms with Gasteiger partial charge >= 0.3 is 0 Å². The summed E-state index contributed by atoms with van der Waals surface area (Å²) in [4.78, 5) is 0.216. The first-order valence-corrected chi connectivity index (χ1v) is 6.94. The van der Waals surface area contributed by atoms with Crippen molar-refractivity contribution >= 4 is 10.1 Å². The molecule has 2 rings (SSSR count). The van der Waals surface area contributed by atoms with E-state index in [9.17, 15) is 8.42 Å². The van der Waals surface area contributed by atoms with E-state index in [-0.39, 0.29) is 11.5 Å². The van der Waals surface area contributed by atoms with Crippen LogP contribution in [0.4, 0.5) is 0 Å². The topological polar surface area (TPSA) is 43.4 Å². The number of hydrogen-bond donors (Lipinski definition) is 0. The zero-order valence-corrected chi connectivity index (χ0v) is 10.5. The van der Waals surface area contributed by atoms with Gasteiger partial charge in [0.1, 0.15) is 6.61 Å². The summed E-state index contributed by atoms with van der Waals surface area (Å²) >= 11 is 0. The van der Waals surface area contributed by atoms with Crippen LogP contribution < -0.4 is 0 Å². The fourth-order valence-electron chi connectivity index (χ4n) is 1.42. The molecular formula is C13H14O3S. The minimum Gasteiger partial charge on any atom is -0.253 e. The largest absolute Gasteiger partial charge is 0.298 e. The molecule has 17 heavy (non-hydrogen) atoms. The normalized spacial score (nSPS) is 15.1. The zero-order chi connectivity index (χ0) is 12.3. The summed E-state index contributed by atoms with van der Waals surface area (Å²) in [5.41, 5.74) is 0.683. The highest BCUT2D eigenvalue weighted by Crippen LogP contribution is 2.27. The second kappa shape index (κ2) is 4.91. The summed E-state index contributed by atoms with van der Waals surface area (Å²) < 4.78 is 28.5. The molecule has 0 heterocycles. The summed E-state index contributed by atoms with van der Waals surface area (Å²) in [6.45, 7) is 1.68. The molecule has 0 radical (unpaired) electrons. The van der Waals surface area contributed by atoms with Gasteiger partial charge in [-0.1, -0.05) is 30.0 Å². The van der Waals surface area contributed by atoms with E-state index in [0.717, 1.165) is 12.8 Å². The number of benzene rings is 1. The van der Waals surface area contributed by atoms with Crippen LogP contribution in [0, 0.1) is 24.7 Å². The molecule has 0 bridgehead atoms.